The molecule has 0 aliphatic rings. The number of nitro groups is 1. The van der Waals surface area contributed by atoms with Crippen LogP contribution in [0.2, 0.25) is 0 Å². The standard InChI is InChI=1S/C15H20N2O4S/c1-5-6-7-8-16(2)15(18)11-9-14(22-4)13(21-3)10-12(11)17(19)20/h5,9-10H,1,6-8H2,2-4H3. The lowest BCUT2D eigenvalue weighted by atomic mass is 10.1. The zero-order valence-corrected chi connectivity index (χ0v) is 13.8. The smallest absolute Gasteiger partial charge is 0.285 e. The highest BCUT2D eigenvalue weighted by Gasteiger charge is 2.25. The minimum Gasteiger partial charge on any atom is -0.495 e. The summed E-state index contributed by atoms with van der Waals surface area (Å²) in [6.07, 6.45) is 5.16. The Bertz CT molecular complexity index is 575. The van der Waals surface area contributed by atoms with Gasteiger partial charge in [-0.1, -0.05) is 6.08 Å². The van der Waals surface area contributed by atoms with Crippen molar-refractivity contribution in [1.82, 2.24) is 4.90 Å². The van der Waals surface area contributed by atoms with E-state index in [-0.39, 0.29) is 17.2 Å². The van der Waals surface area contributed by atoms with Gasteiger partial charge in [-0.2, -0.15) is 0 Å². The largest absolute Gasteiger partial charge is 0.495 e. The highest BCUT2D eigenvalue weighted by Crippen LogP contribution is 2.34. The number of nitro benzene ring substituents is 1. The third-order valence-electron chi connectivity index (χ3n) is 3.18. The summed E-state index contributed by atoms with van der Waals surface area (Å²) in [6, 6.07) is 2.82. The summed E-state index contributed by atoms with van der Waals surface area (Å²) >= 11 is 1.37. The fourth-order valence-electron chi connectivity index (χ4n) is 1.97. The topological polar surface area (TPSA) is 72.7 Å². The van der Waals surface area contributed by atoms with Crippen LogP contribution in [0.25, 0.3) is 0 Å². The van der Waals surface area contributed by atoms with Crippen molar-refractivity contribution in [3.05, 3.63) is 40.5 Å². The predicted molar refractivity (Wildman–Crippen MR) is 87.8 cm³/mol. The zero-order valence-electron chi connectivity index (χ0n) is 13.0. The third-order valence-corrected chi connectivity index (χ3v) is 3.94. The molecule has 0 N–H and O–H groups in total. The van der Waals surface area contributed by atoms with Crippen molar-refractivity contribution < 1.29 is 14.5 Å². The first-order chi connectivity index (χ1) is 10.5. The number of unbranched alkanes of at least 4 members (excludes halogenated alkanes) is 1. The molecular formula is C15H20N2O4S. The van der Waals surface area contributed by atoms with E-state index in [2.05, 4.69) is 6.58 Å². The molecule has 0 aromatic heterocycles. The molecule has 22 heavy (non-hydrogen) atoms. The number of carbonyl (C=O) groups is 1. The third kappa shape index (κ3) is 4.24. The van der Waals surface area contributed by atoms with Crippen LogP contribution in [0.15, 0.2) is 29.7 Å². The van der Waals surface area contributed by atoms with E-state index in [4.69, 9.17) is 4.74 Å². The molecule has 6 nitrogen and oxygen atoms in total. The van der Waals surface area contributed by atoms with Gasteiger partial charge in [-0.15, -0.1) is 18.3 Å². The van der Waals surface area contributed by atoms with E-state index in [1.807, 2.05) is 6.26 Å². The second-order valence-electron chi connectivity index (χ2n) is 4.64. The van der Waals surface area contributed by atoms with Crippen LogP contribution in [0.1, 0.15) is 23.2 Å². The molecule has 1 amide bonds. The first-order valence-corrected chi connectivity index (χ1v) is 7.95. The van der Waals surface area contributed by atoms with Crippen LogP contribution >= 0.6 is 11.8 Å². The van der Waals surface area contributed by atoms with Gasteiger partial charge in [0.1, 0.15) is 11.3 Å². The molecule has 0 heterocycles. The molecule has 0 bridgehead atoms. The van der Waals surface area contributed by atoms with Gasteiger partial charge in [0.05, 0.1) is 23.0 Å². The van der Waals surface area contributed by atoms with Crippen LogP contribution in [0, 0.1) is 10.1 Å². The quantitative estimate of drug-likeness (QED) is 0.241. The number of rotatable bonds is 8. The summed E-state index contributed by atoms with van der Waals surface area (Å²) in [6.45, 7) is 4.15. The summed E-state index contributed by atoms with van der Waals surface area (Å²) in [5.41, 5.74) is -0.161. The van der Waals surface area contributed by atoms with Gasteiger partial charge in [0.15, 0.2) is 0 Å². The number of amides is 1. The van der Waals surface area contributed by atoms with E-state index in [0.29, 0.717) is 17.2 Å². The number of allylic oxidation sites excluding steroid dienone is 1. The number of methoxy groups -OCH3 is 1. The van der Waals surface area contributed by atoms with Gasteiger partial charge in [-0.3, -0.25) is 14.9 Å². The summed E-state index contributed by atoms with van der Waals surface area (Å²) in [7, 11) is 3.08. The lowest BCUT2D eigenvalue weighted by Crippen LogP contribution is -2.28. The van der Waals surface area contributed by atoms with E-state index in [1.165, 1.54) is 35.9 Å². The number of ether oxygens (including phenoxy) is 1. The summed E-state index contributed by atoms with van der Waals surface area (Å²) in [5, 5.41) is 11.2. The number of thioether (sulfide) groups is 1. The van der Waals surface area contributed by atoms with Crippen molar-refractivity contribution in [2.24, 2.45) is 0 Å². The monoisotopic (exact) mass is 324 g/mol. The van der Waals surface area contributed by atoms with Crippen molar-refractivity contribution in [1.29, 1.82) is 0 Å². The number of nitrogens with zero attached hydrogens (tertiary/aromatic N) is 2. The maximum atomic E-state index is 12.5. The Morgan fingerprint density at radius 1 is 1.55 bits per heavy atom. The van der Waals surface area contributed by atoms with Crippen LogP contribution in [0.4, 0.5) is 5.69 Å². The zero-order chi connectivity index (χ0) is 16.7. The average Bonchev–Trinajstić information content (AvgIpc) is 2.52. The summed E-state index contributed by atoms with van der Waals surface area (Å²) < 4.78 is 5.14. The van der Waals surface area contributed by atoms with E-state index >= 15 is 0 Å². The minimum atomic E-state index is -0.558. The van der Waals surface area contributed by atoms with E-state index in [9.17, 15) is 14.9 Å². The molecule has 0 radical (unpaired) electrons. The van der Waals surface area contributed by atoms with Gasteiger partial charge < -0.3 is 9.64 Å². The highest BCUT2D eigenvalue weighted by atomic mass is 32.2. The van der Waals surface area contributed by atoms with Crippen LogP contribution in [0.3, 0.4) is 0 Å². The van der Waals surface area contributed by atoms with Gasteiger partial charge in [0.25, 0.3) is 11.6 Å². The summed E-state index contributed by atoms with van der Waals surface area (Å²) in [4.78, 5) is 25.3. The van der Waals surface area contributed by atoms with Crippen LogP contribution in [-0.2, 0) is 0 Å². The highest BCUT2D eigenvalue weighted by molar-refractivity contribution is 7.98. The molecule has 0 saturated carbocycles. The van der Waals surface area contributed by atoms with Crippen molar-refractivity contribution in [2.45, 2.75) is 17.7 Å². The lowest BCUT2D eigenvalue weighted by Gasteiger charge is -2.17. The van der Waals surface area contributed by atoms with E-state index in [0.717, 1.165) is 12.8 Å². The van der Waals surface area contributed by atoms with Gasteiger partial charge in [-0.25, -0.2) is 0 Å². The Labute approximate surface area is 134 Å². The molecule has 1 rings (SSSR count). The van der Waals surface area contributed by atoms with E-state index in [1.54, 1.807) is 13.1 Å². The van der Waals surface area contributed by atoms with Crippen LogP contribution < -0.4 is 4.74 Å². The predicted octanol–water partition coefficient (Wildman–Crippen LogP) is 3.36. The second kappa shape index (κ2) is 8.43. The molecule has 0 atom stereocenters. The molecule has 1 aromatic carbocycles. The van der Waals surface area contributed by atoms with Crippen molar-refractivity contribution in [3.63, 3.8) is 0 Å². The molecule has 1 aromatic rings. The fraction of sp³-hybridized carbons (Fsp3) is 0.400. The fourth-order valence-corrected chi connectivity index (χ4v) is 2.55. The van der Waals surface area contributed by atoms with Crippen molar-refractivity contribution >= 4 is 23.4 Å². The Morgan fingerprint density at radius 2 is 2.23 bits per heavy atom. The Kier molecular flexibility index (Phi) is 6.91. The normalized spacial score (nSPS) is 10.1. The maximum absolute atomic E-state index is 12.5. The molecule has 0 saturated heterocycles. The van der Waals surface area contributed by atoms with Crippen LogP contribution in [0.5, 0.6) is 5.75 Å². The number of hydrogen-bond acceptors (Lipinski definition) is 5. The van der Waals surface area contributed by atoms with Crippen molar-refractivity contribution in [3.8, 4) is 5.75 Å². The molecule has 0 fully saturated rings. The SMILES string of the molecule is C=CCCCN(C)C(=O)c1cc(SC)c(OC)cc1[N+](=O)[O-]. The first-order valence-electron chi connectivity index (χ1n) is 6.73. The van der Waals surface area contributed by atoms with Gasteiger partial charge in [0.2, 0.25) is 0 Å². The van der Waals surface area contributed by atoms with Gasteiger partial charge in [0, 0.05) is 13.6 Å². The molecule has 0 unspecified atom stereocenters. The number of hydrogen-bond donors (Lipinski definition) is 0. The minimum absolute atomic E-state index is 0.0799. The van der Waals surface area contributed by atoms with Crippen molar-refractivity contribution in [2.75, 3.05) is 27.0 Å². The molecule has 0 spiro atoms. The van der Waals surface area contributed by atoms with Gasteiger partial charge in [-0.05, 0) is 25.2 Å². The Hall–Kier alpha value is -2.02. The van der Waals surface area contributed by atoms with Gasteiger partial charge >= 0.3 is 0 Å². The molecular weight excluding hydrogens is 304 g/mol. The summed E-state index contributed by atoms with van der Waals surface area (Å²) in [5.74, 6) is 0.0266. The molecule has 7 heteroatoms. The first kappa shape index (κ1) is 18.0. The Morgan fingerprint density at radius 3 is 2.73 bits per heavy atom. The van der Waals surface area contributed by atoms with Crippen LogP contribution in [-0.4, -0.2) is 42.7 Å². The molecule has 0 aliphatic carbocycles. The Balaban J connectivity index is 3.17. The molecule has 120 valence electrons. The maximum Gasteiger partial charge on any atom is 0.285 e. The number of carbonyl (C=O) groups excluding carboxylic acids is 1. The number of benzene rings is 1. The van der Waals surface area contributed by atoms with E-state index < -0.39 is 4.92 Å². The second-order valence-corrected chi connectivity index (χ2v) is 5.49. The lowest BCUT2D eigenvalue weighted by molar-refractivity contribution is -0.385. The average molecular weight is 324 g/mol. The molecule has 0 aliphatic heterocycles.